The Morgan fingerprint density at radius 2 is 1.86 bits per heavy atom. The lowest BCUT2D eigenvalue weighted by molar-refractivity contribution is -0.152. The van der Waals surface area contributed by atoms with E-state index in [0.717, 1.165) is 53.7 Å². The van der Waals surface area contributed by atoms with E-state index in [0.29, 0.717) is 62.9 Å². The van der Waals surface area contributed by atoms with Gasteiger partial charge in [-0.15, -0.1) is 0 Å². The molecule has 1 saturated heterocycles. The van der Waals surface area contributed by atoms with Gasteiger partial charge in [0.05, 0.1) is 17.6 Å². The summed E-state index contributed by atoms with van der Waals surface area (Å²) < 4.78 is 13.7. The van der Waals surface area contributed by atoms with Crippen molar-refractivity contribution in [1.82, 2.24) is 24.3 Å². The number of hydrogen-bond acceptors (Lipinski definition) is 8. The van der Waals surface area contributed by atoms with Crippen LogP contribution in [0.1, 0.15) is 51.4 Å². The average molecular weight is 603 g/mol. The largest absolute Gasteiger partial charge is 0.478 e. The minimum absolute atomic E-state index is 0.0630. The zero-order valence-electron chi connectivity index (χ0n) is 25.8. The highest BCUT2D eigenvalue weighted by atomic mass is 16.5. The molecule has 0 unspecified atom stereocenters. The molecule has 1 aliphatic rings. The number of carboxylic acids is 1. The predicted molar refractivity (Wildman–Crippen MR) is 169 cm³/mol. The SMILES string of the molecule is CCOCc1nc2c(N)nc3ccccc3c2n1CCCN(Cc1cccc(OC(C)(C)C(=O)O)c1)C(=O)CN1CCCC1. The zero-order valence-corrected chi connectivity index (χ0v) is 25.8. The van der Waals surface area contributed by atoms with Crippen LogP contribution in [0, 0.1) is 0 Å². The molecule has 0 radical (unpaired) electrons. The second kappa shape index (κ2) is 13.6. The number of aliphatic carboxylic acids is 1. The van der Waals surface area contributed by atoms with Gasteiger partial charge in [0.1, 0.15) is 23.7 Å². The molecular weight excluding hydrogens is 560 g/mol. The average Bonchev–Trinajstić information content (AvgIpc) is 3.64. The number of fused-ring (bicyclic) bond motifs is 3. The van der Waals surface area contributed by atoms with E-state index >= 15 is 0 Å². The fraction of sp³-hybridized carbons (Fsp3) is 0.455. The fourth-order valence-corrected chi connectivity index (χ4v) is 5.66. The van der Waals surface area contributed by atoms with Gasteiger partial charge in [0, 0.05) is 31.6 Å². The fourth-order valence-electron chi connectivity index (χ4n) is 5.66. The maximum absolute atomic E-state index is 13.7. The number of para-hydroxylation sites is 1. The molecule has 11 heteroatoms. The van der Waals surface area contributed by atoms with Crippen LogP contribution in [0.25, 0.3) is 21.9 Å². The van der Waals surface area contributed by atoms with Gasteiger partial charge in [-0.1, -0.05) is 30.3 Å². The van der Waals surface area contributed by atoms with Crippen LogP contribution in [0.4, 0.5) is 5.82 Å². The number of carbonyl (C=O) groups is 2. The summed E-state index contributed by atoms with van der Waals surface area (Å²) in [7, 11) is 0. The first-order valence-electron chi connectivity index (χ1n) is 15.3. The number of carbonyl (C=O) groups excluding carboxylic acids is 1. The van der Waals surface area contributed by atoms with Gasteiger partial charge in [0.25, 0.3) is 0 Å². The molecule has 11 nitrogen and oxygen atoms in total. The van der Waals surface area contributed by atoms with E-state index in [4.69, 9.17) is 20.2 Å². The third-order valence-corrected chi connectivity index (χ3v) is 8.00. The monoisotopic (exact) mass is 602 g/mol. The highest BCUT2D eigenvalue weighted by Gasteiger charge is 2.29. The van der Waals surface area contributed by atoms with Gasteiger partial charge in [-0.3, -0.25) is 9.69 Å². The lowest BCUT2D eigenvalue weighted by Gasteiger charge is -2.26. The third-order valence-electron chi connectivity index (χ3n) is 8.00. The summed E-state index contributed by atoms with van der Waals surface area (Å²) in [5, 5.41) is 10.5. The number of aryl methyl sites for hydroxylation is 1. The number of pyridine rings is 1. The zero-order chi connectivity index (χ0) is 31.3. The maximum atomic E-state index is 13.7. The van der Waals surface area contributed by atoms with Crippen molar-refractivity contribution < 1.29 is 24.2 Å². The highest BCUT2D eigenvalue weighted by molar-refractivity contribution is 6.06. The van der Waals surface area contributed by atoms with Crippen molar-refractivity contribution in [3.63, 3.8) is 0 Å². The second-order valence-corrected chi connectivity index (χ2v) is 11.7. The number of nitrogen functional groups attached to an aromatic ring is 1. The summed E-state index contributed by atoms with van der Waals surface area (Å²) in [5.41, 5.74) is 8.22. The minimum Gasteiger partial charge on any atom is -0.478 e. The topological polar surface area (TPSA) is 136 Å². The number of likely N-dealkylation sites (tertiary alicyclic amines) is 1. The van der Waals surface area contributed by atoms with Crippen LogP contribution in [-0.2, 0) is 34.0 Å². The Balaban J connectivity index is 1.39. The number of hydrogen-bond donors (Lipinski definition) is 2. The lowest BCUT2D eigenvalue weighted by Crippen LogP contribution is -2.40. The third kappa shape index (κ3) is 7.11. The molecule has 0 saturated carbocycles. The Kier molecular flexibility index (Phi) is 9.65. The predicted octanol–water partition coefficient (Wildman–Crippen LogP) is 4.46. The van der Waals surface area contributed by atoms with E-state index in [1.54, 1.807) is 6.07 Å². The summed E-state index contributed by atoms with van der Waals surface area (Å²) in [4.78, 5) is 38.7. The van der Waals surface area contributed by atoms with E-state index in [1.165, 1.54) is 13.8 Å². The molecule has 0 aliphatic carbocycles. The van der Waals surface area contributed by atoms with Gasteiger partial charge in [0.15, 0.2) is 11.4 Å². The van der Waals surface area contributed by atoms with Gasteiger partial charge in [-0.2, -0.15) is 0 Å². The number of carboxylic acid groups (broad SMARTS) is 1. The number of rotatable bonds is 14. The summed E-state index contributed by atoms with van der Waals surface area (Å²) in [6, 6.07) is 15.2. The molecule has 0 spiro atoms. The molecular formula is C33H42N6O5. The Morgan fingerprint density at radius 1 is 1.09 bits per heavy atom. The Hall–Kier alpha value is -4.22. The van der Waals surface area contributed by atoms with Gasteiger partial charge in [0.2, 0.25) is 5.91 Å². The van der Waals surface area contributed by atoms with Crippen LogP contribution in [-0.4, -0.2) is 79.7 Å². The van der Waals surface area contributed by atoms with Crippen molar-refractivity contribution in [2.24, 2.45) is 0 Å². The summed E-state index contributed by atoms with van der Waals surface area (Å²) in [6.45, 7) is 9.62. The van der Waals surface area contributed by atoms with E-state index in [2.05, 4.69) is 14.5 Å². The van der Waals surface area contributed by atoms with E-state index in [1.807, 2.05) is 54.3 Å². The number of ether oxygens (including phenoxy) is 2. The Labute approximate surface area is 257 Å². The number of amides is 1. The molecule has 234 valence electrons. The molecule has 1 amide bonds. The van der Waals surface area contributed by atoms with Crippen molar-refractivity contribution in [3.8, 4) is 5.75 Å². The first-order valence-corrected chi connectivity index (χ1v) is 15.3. The van der Waals surface area contributed by atoms with E-state index in [-0.39, 0.29) is 5.91 Å². The van der Waals surface area contributed by atoms with Gasteiger partial charge in [-0.05, 0) is 76.9 Å². The molecule has 3 N–H and O–H groups in total. The molecule has 0 bridgehead atoms. The molecule has 1 aliphatic heterocycles. The van der Waals surface area contributed by atoms with Gasteiger partial charge >= 0.3 is 5.97 Å². The first-order chi connectivity index (χ1) is 21.2. The molecule has 2 aromatic carbocycles. The first kappa shape index (κ1) is 31.2. The highest BCUT2D eigenvalue weighted by Crippen LogP contribution is 2.29. The Bertz CT molecular complexity index is 1630. The van der Waals surface area contributed by atoms with E-state index < -0.39 is 11.6 Å². The van der Waals surface area contributed by atoms with Crippen LogP contribution in [0.15, 0.2) is 48.5 Å². The summed E-state index contributed by atoms with van der Waals surface area (Å²) >= 11 is 0. The van der Waals surface area contributed by atoms with Gasteiger partial charge < -0.3 is 29.8 Å². The molecule has 3 heterocycles. The lowest BCUT2D eigenvalue weighted by atomic mass is 10.1. The maximum Gasteiger partial charge on any atom is 0.347 e. The van der Waals surface area contributed by atoms with Crippen LogP contribution in [0.5, 0.6) is 5.75 Å². The Morgan fingerprint density at radius 3 is 2.61 bits per heavy atom. The van der Waals surface area contributed by atoms with Crippen molar-refractivity contribution in [2.75, 3.05) is 38.5 Å². The molecule has 44 heavy (non-hydrogen) atoms. The molecule has 1 fully saturated rings. The summed E-state index contributed by atoms with van der Waals surface area (Å²) in [5.74, 6) is 0.614. The second-order valence-electron chi connectivity index (χ2n) is 11.7. The van der Waals surface area contributed by atoms with E-state index in [9.17, 15) is 14.7 Å². The van der Waals surface area contributed by atoms with Crippen LogP contribution in [0.3, 0.4) is 0 Å². The van der Waals surface area contributed by atoms with Crippen molar-refractivity contribution in [2.45, 2.75) is 65.3 Å². The number of imidazole rings is 1. The van der Waals surface area contributed by atoms with Crippen molar-refractivity contribution in [3.05, 3.63) is 59.9 Å². The van der Waals surface area contributed by atoms with Crippen molar-refractivity contribution >= 4 is 39.6 Å². The number of nitrogens with zero attached hydrogens (tertiary/aromatic N) is 5. The normalized spacial score (nSPS) is 14.0. The number of aromatic nitrogens is 3. The quantitative estimate of drug-likeness (QED) is 0.214. The minimum atomic E-state index is -1.38. The molecule has 4 aromatic rings. The van der Waals surface area contributed by atoms with Crippen molar-refractivity contribution in [1.29, 1.82) is 0 Å². The molecule has 5 rings (SSSR count). The van der Waals surface area contributed by atoms with Gasteiger partial charge in [-0.25, -0.2) is 14.8 Å². The number of anilines is 1. The smallest absolute Gasteiger partial charge is 0.347 e. The van der Waals surface area contributed by atoms with Crippen LogP contribution < -0.4 is 10.5 Å². The molecule has 2 aromatic heterocycles. The van der Waals surface area contributed by atoms with Crippen LogP contribution in [0.2, 0.25) is 0 Å². The standard InChI is InChI=1S/C33H42N6O5/c1-4-43-22-27-36-29-30(25-13-5-6-14-26(25)35-31(29)34)39(27)18-10-17-38(28(40)21-37-15-7-8-16-37)20-23-11-9-12-24(19-23)44-33(2,3)32(41)42/h5-6,9,11-14,19H,4,7-8,10,15-18,20-22H2,1-3H3,(H2,34,35)(H,41,42). The van der Waals surface area contributed by atoms with Crippen LogP contribution >= 0.6 is 0 Å². The molecule has 0 atom stereocenters. The number of nitrogens with two attached hydrogens (primary N) is 1. The number of benzene rings is 2. The summed E-state index contributed by atoms with van der Waals surface area (Å²) in [6.07, 6.45) is 2.89.